The first-order valence-electron chi connectivity index (χ1n) is 8.06. The second-order valence-electron chi connectivity index (χ2n) is 5.82. The van der Waals surface area contributed by atoms with Gasteiger partial charge >= 0.3 is 0 Å². The molecule has 0 spiro atoms. The Balaban J connectivity index is 1.68. The van der Waals surface area contributed by atoms with Crippen LogP contribution in [-0.2, 0) is 6.54 Å². The highest BCUT2D eigenvalue weighted by molar-refractivity contribution is 7.73. The zero-order chi connectivity index (χ0) is 19.7. The number of thiazole rings is 1. The average Bonchev–Trinajstić information content (AvgIpc) is 3.41. The highest BCUT2D eigenvalue weighted by Crippen LogP contribution is 2.30. The van der Waals surface area contributed by atoms with Crippen LogP contribution in [0.2, 0.25) is 0 Å². The highest BCUT2D eigenvalue weighted by Gasteiger charge is 2.19. The Morgan fingerprint density at radius 1 is 1.36 bits per heavy atom. The summed E-state index contributed by atoms with van der Waals surface area (Å²) in [4.78, 5) is 11.1. The average molecular weight is 412 g/mol. The number of nitrogens with zero attached hydrogens (tertiary/aromatic N) is 4. The van der Waals surface area contributed by atoms with Crippen molar-refractivity contribution >= 4 is 47.2 Å². The van der Waals surface area contributed by atoms with E-state index in [4.69, 9.17) is 16.6 Å². The van der Waals surface area contributed by atoms with Crippen LogP contribution in [0.5, 0.6) is 5.88 Å². The molecular formula is C18H12N4O4S2. The molecule has 0 unspecified atom stereocenters. The van der Waals surface area contributed by atoms with Gasteiger partial charge in [-0.15, -0.1) is 16.4 Å². The molecular weight excluding hydrogens is 400 g/mol. The minimum atomic E-state index is -0.463. The molecule has 0 saturated carbocycles. The summed E-state index contributed by atoms with van der Waals surface area (Å²) in [5.41, 5.74) is 1.64. The first kappa shape index (κ1) is 18.0. The van der Waals surface area contributed by atoms with Crippen molar-refractivity contribution < 1.29 is 14.4 Å². The SMILES string of the molecule is O=[N+]([O-])c1cccc(C2=NN=CC2=Cc2sc(=S)n(Cc3ccco3)c2O)c1. The van der Waals surface area contributed by atoms with Gasteiger partial charge in [0.25, 0.3) is 5.69 Å². The molecule has 1 aliphatic heterocycles. The smallest absolute Gasteiger partial charge is 0.270 e. The van der Waals surface area contributed by atoms with Gasteiger partial charge in [0.05, 0.1) is 28.8 Å². The first-order chi connectivity index (χ1) is 13.5. The molecule has 1 aromatic carbocycles. The molecule has 2 aromatic heterocycles. The largest absolute Gasteiger partial charge is 0.493 e. The van der Waals surface area contributed by atoms with Crippen LogP contribution in [0.15, 0.2) is 62.9 Å². The zero-order valence-electron chi connectivity index (χ0n) is 14.2. The van der Waals surface area contributed by atoms with Crippen molar-refractivity contribution in [3.8, 4) is 5.88 Å². The minimum Gasteiger partial charge on any atom is -0.493 e. The lowest BCUT2D eigenvalue weighted by Gasteiger charge is -2.03. The number of rotatable bonds is 5. The van der Waals surface area contributed by atoms with E-state index in [9.17, 15) is 15.2 Å². The molecule has 3 heterocycles. The molecule has 0 saturated heterocycles. The highest BCUT2D eigenvalue weighted by atomic mass is 32.1. The zero-order valence-corrected chi connectivity index (χ0v) is 15.8. The number of furan rings is 1. The van der Waals surface area contributed by atoms with E-state index in [0.717, 1.165) is 0 Å². The van der Waals surface area contributed by atoms with Crippen LogP contribution < -0.4 is 0 Å². The number of hydrogen-bond acceptors (Lipinski definition) is 8. The van der Waals surface area contributed by atoms with Crippen LogP contribution in [0, 0.1) is 14.1 Å². The summed E-state index contributed by atoms with van der Waals surface area (Å²) < 4.78 is 7.37. The Bertz CT molecular complexity index is 1200. The Hall–Kier alpha value is -3.37. The van der Waals surface area contributed by atoms with Gasteiger partial charge in [-0.25, -0.2) is 0 Å². The fraction of sp³-hybridized carbons (Fsp3) is 0.0556. The van der Waals surface area contributed by atoms with Crippen molar-refractivity contribution in [1.29, 1.82) is 0 Å². The van der Waals surface area contributed by atoms with E-state index in [2.05, 4.69) is 10.2 Å². The third-order valence-electron chi connectivity index (χ3n) is 4.03. The van der Waals surface area contributed by atoms with Gasteiger partial charge in [-0.1, -0.05) is 12.1 Å². The van der Waals surface area contributed by atoms with Crippen LogP contribution in [-0.4, -0.2) is 26.5 Å². The van der Waals surface area contributed by atoms with Gasteiger partial charge in [0.2, 0.25) is 5.88 Å². The maximum absolute atomic E-state index is 11.0. The lowest BCUT2D eigenvalue weighted by molar-refractivity contribution is -0.384. The van der Waals surface area contributed by atoms with E-state index in [1.165, 1.54) is 29.7 Å². The molecule has 0 amide bonds. The fourth-order valence-electron chi connectivity index (χ4n) is 2.71. The predicted octanol–water partition coefficient (Wildman–Crippen LogP) is 4.41. The van der Waals surface area contributed by atoms with Crippen molar-refractivity contribution in [2.75, 3.05) is 0 Å². The number of allylic oxidation sites excluding steroid dienone is 1. The molecule has 0 bridgehead atoms. The Labute approximate surface area is 167 Å². The summed E-state index contributed by atoms with van der Waals surface area (Å²) >= 11 is 6.59. The van der Waals surface area contributed by atoms with E-state index in [-0.39, 0.29) is 11.6 Å². The molecule has 28 heavy (non-hydrogen) atoms. The van der Waals surface area contributed by atoms with Crippen molar-refractivity contribution in [3.05, 3.63) is 78.5 Å². The van der Waals surface area contributed by atoms with Crippen LogP contribution in [0.1, 0.15) is 16.2 Å². The van der Waals surface area contributed by atoms with Gasteiger partial charge in [0, 0.05) is 23.3 Å². The van der Waals surface area contributed by atoms with E-state index >= 15 is 0 Å². The van der Waals surface area contributed by atoms with Crippen molar-refractivity contribution in [3.63, 3.8) is 0 Å². The standard InChI is InChI=1S/C18H12N4O4S2/c23-17-15(28-18(27)21(17)10-14-5-2-6-26-14)8-12-9-19-20-16(12)11-3-1-4-13(7-11)22(24)25/h1-9,23H,10H2. The molecule has 4 rings (SSSR count). The third kappa shape index (κ3) is 3.42. The molecule has 10 heteroatoms. The molecule has 1 aliphatic rings. The van der Waals surface area contributed by atoms with Gasteiger partial charge in [0.1, 0.15) is 11.5 Å². The van der Waals surface area contributed by atoms with Gasteiger partial charge in [-0.2, -0.15) is 5.10 Å². The van der Waals surface area contributed by atoms with E-state index < -0.39 is 4.92 Å². The van der Waals surface area contributed by atoms with Crippen LogP contribution in [0.25, 0.3) is 6.08 Å². The topological polar surface area (TPSA) is 106 Å². The maximum Gasteiger partial charge on any atom is 0.270 e. The molecule has 0 fully saturated rings. The first-order valence-corrected chi connectivity index (χ1v) is 9.28. The monoisotopic (exact) mass is 412 g/mol. The summed E-state index contributed by atoms with van der Waals surface area (Å²) in [7, 11) is 0. The van der Waals surface area contributed by atoms with Crippen LogP contribution in [0.3, 0.4) is 0 Å². The number of aromatic hydroxyl groups is 1. The quantitative estimate of drug-likeness (QED) is 0.380. The van der Waals surface area contributed by atoms with Crippen LogP contribution >= 0.6 is 23.6 Å². The predicted molar refractivity (Wildman–Crippen MR) is 109 cm³/mol. The Morgan fingerprint density at radius 3 is 2.96 bits per heavy atom. The number of nitro groups is 1. The Morgan fingerprint density at radius 2 is 2.21 bits per heavy atom. The van der Waals surface area contributed by atoms with Gasteiger partial charge in [-0.3, -0.25) is 14.7 Å². The number of nitro benzene ring substituents is 1. The molecule has 0 aliphatic carbocycles. The molecule has 140 valence electrons. The number of aromatic nitrogens is 1. The van der Waals surface area contributed by atoms with Gasteiger partial charge in [0.15, 0.2) is 3.95 Å². The maximum atomic E-state index is 11.0. The molecule has 0 atom stereocenters. The number of benzene rings is 1. The van der Waals surface area contributed by atoms with Crippen molar-refractivity contribution in [1.82, 2.24) is 4.57 Å². The number of hydrogen-bond donors (Lipinski definition) is 1. The second-order valence-corrected chi connectivity index (χ2v) is 7.50. The number of non-ortho nitro benzene ring substituents is 1. The minimum absolute atomic E-state index is 0.0117. The fourth-order valence-corrected chi connectivity index (χ4v) is 3.97. The molecule has 8 nitrogen and oxygen atoms in total. The molecule has 3 aromatic rings. The molecule has 0 radical (unpaired) electrons. The summed E-state index contributed by atoms with van der Waals surface area (Å²) in [6, 6.07) is 9.72. The summed E-state index contributed by atoms with van der Waals surface area (Å²) in [6.07, 6.45) is 4.80. The van der Waals surface area contributed by atoms with Crippen molar-refractivity contribution in [2.24, 2.45) is 10.2 Å². The lowest BCUT2D eigenvalue weighted by atomic mass is 10.0. The molecule has 1 N–H and O–H groups in total. The van der Waals surface area contributed by atoms with E-state index in [1.54, 1.807) is 41.2 Å². The van der Waals surface area contributed by atoms with E-state index in [1.807, 2.05) is 0 Å². The summed E-state index contributed by atoms with van der Waals surface area (Å²) in [5, 5.41) is 29.6. The second kappa shape index (κ2) is 7.33. The van der Waals surface area contributed by atoms with Crippen LogP contribution in [0.4, 0.5) is 5.69 Å². The summed E-state index contributed by atoms with van der Waals surface area (Å²) in [5.74, 6) is 0.683. The van der Waals surface area contributed by atoms with Crippen molar-refractivity contribution in [2.45, 2.75) is 6.54 Å². The lowest BCUT2D eigenvalue weighted by Crippen LogP contribution is -2.03. The Kier molecular flexibility index (Phi) is 4.72. The third-order valence-corrected chi connectivity index (χ3v) is 5.42. The van der Waals surface area contributed by atoms with E-state index in [0.29, 0.717) is 38.0 Å². The normalized spacial score (nSPS) is 14.6. The summed E-state index contributed by atoms with van der Waals surface area (Å²) in [6.45, 7) is 0.317. The van der Waals surface area contributed by atoms with Gasteiger partial charge in [-0.05, 0) is 30.4 Å². The van der Waals surface area contributed by atoms with Gasteiger partial charge < -0.3 is 9.52 Å².